The van der Waals surface area contributed by atoms with Gasteiger partial charge in [0.05, 0.1) is 11.8 Å². The van der Waals surface area contributed by atoms with Crippen LogP contribution in [0, 0.1) is 0 Å². The molecule has 3 N–H and O–H groups in total. The Hall–Kier alpha value is -2.44. The quantitative estimate of drug-likeness (QED) is 0.684. The largest absolute Gasteiger partial charge is 0.397 e. The number of benzene rings is 1. The number of fused-ring (bicyclic) bond motifs is 2. The zero-order valence-electron chi connectivity index (χ0n) is 16.3. The molecule has 1 amide bonds. The number of nitrogen functional groups attached to an aromatic ring is 1. The van der Waals surface area contributed by atoms with Crippen LogP contribution >= 0.6 is 11.3 Å². The molecule has 6 heteroatoms. The number of thiophene rings is 1. The fraction of sp³-hybridized carbons (Fsp3) is 0.391. The molecule has 0 saturated carbocycles. The van der Waals surface area contributed by atoms with Crippen molar-refractivity contribution in [3.8, 4) is 0 Å². The highest BCUT2D eigenvalue weighted by molar-refractivity contribution is 7.21. The van der Waals surface area contributed by atoms with Gasteiger partial charge < -0.3 is 15.8 Å². The third-order valence-corrected chi connectivity index (χ3v) is 7.19. The second-order valence-electron chi connectivity index (χ2n) is 7.99. The number of carbonyl (C=O) groups excluding carboxylic acids is 1. The lowest BCUT2D eigenvalue weighted by Gasteiger charge is -2.24. The summed E-state index contributed by atoms with van der Waals surface area (Å²) < 4.78 is 5.59. The molecule has 2 atom stereocenters. The number of hydrogen-bond donors (Lipinski definition) is 2. The van der Waals surface area contributed by atoms with Crippen molar-refractivity contribution in [1.29, 1.82) is 0 Å². The number of nitrogens with zero attached hydrogens (tertiary/aromatic N) is 1. The van der Waals surface area contributed by atoms with Crippen LogP contribution in [0.5, 0.6) is 0 Å². The average Bonchev–Trinajstić information content (AvgIpc) is 3.39. The van der Waals surface area contributed by atoms with Crippen molar-refractivity contribution < 1.29 is 9.53 Å². The van der Waals surface area contributed by atoms with Crippen LogP contribution in [0.1, 0.15) is 51.7 Å². The van der Waals surface area contributed by atoms with E-state index in [1.54, 1.807) is 0 Å². The zero-order chi connectivity index (χ0) is 19.8. The number of aryl methyl sites for hydroxylation is 1. The summed E-state index contributed by atoms with van der Waals surface area (Å²) in [7, 11) is 0. The molecule has 1 aliphatic carbocycles. The van der Waals surface area contributed by atoms with Gasteiger partial charge in [0.1, 0.15) is 9.71 Å². The summed E-state index contributed by atoms with van der Waals surface area (Å²) in [4.78, 5) is 19.0. The minimum Gasteiger partial charge on any atom is -0.397 e. The second-order valence-corrected chi connectivity index (χ2v) is 8.99. The maximum atomic E-state index is 12.7. The number of carbonyl (C=O) groups is 1. The Bertz CT molecular complexity index is 1040. The maximum Gasteiger partial charge on any atom is 0.263 e. The first-order valence-corrected chi connectivity index (χ1v) is 11.2. The number of anilines is 1. The number of nitrogens with two attached hydrogens (primary N) is 1. The lowest BCUT2D eigenvalue weighted by molar-refractivity contribution is 0.0862. The van der Waals surface area contributed by atoms with E-state index in [1.165, 1.54) is 22.5 Å². The van der Waals surface area contributed by atoms with Crippen LogP contribution < -0.4 is 11.1 Å². The van der Waals surface area contributed by atoms with Gasteiger partial charge in [0, 0.05) is 24.2 Å². The number of ether oxygens (including phenoxy) is 1. The highest BCUT2D eigenvalue weighted by Crippen LogP contribution is 2.38. The maximum absolute atomic E-state index is 12.7. The smallest absolute Gasteiger partial charge is 0.263 e. The number of hydrogen-bond acceptors (Lipinski definition) is 5. The van der Waals surface area contributed by atoms with Crippen molar-refractivity contribution in [2.75, 3.05) is 18.9 Å². The lowest BCUT2D eigenvalue weighted by Crippen LogP contribution is -2.31. The van der Waals surface area contributed by atoms with Gasteiger partial charge in [-0.1, -0.05) is 30.3 Å². The fourth-order valence-corrected chi connectivity index (χ4v) is 5.47. The van der Waals surface area contributed by atoms with Crippen LogP contribution in [-0.2, 0) is 17.6 Å². The van der Waals surface area contributed by atoms with E-state index in [9.17, 15) is 4.79 Å². The molecule has 0 bridgehead atoms. The molecule has 150 valence electrons. The third kappa shape index (κ3) is 3.63. The van der Waals surface area contributed by atoms with Gasteiger partial charge in [-0.3, -0.25) is 4.79 Å². The van der Waals surface area contributed by atoms with Crippen LogP contribution in [0.4, 0.5) is 5.69 Å². The minimum atomic E-state index is -0.124. The van der Waals surface area contributed by atoms with Gasteiger partial charge in [0.15, 0.2) is 0 Å². The highest BCUT2D eigenvalue weighted by Gasteiger charge is 2.25. The standard InChI is InChI=1S/C23H25N3O2S/c24-20-18-12-16-11-15(14-5-2-1-3-6-14)8-9-19(16)26-23(18)29-21(20)22(27)25-13-17-7-4-10-28-17/h1-3,5-6,12,15,17H,4,7-11,13,24H2,(H,25,27). The molecule has 1 aliphatic heterocycles. The highest BCUT2D eigenvalue weighted by atomic mass is 32.1. The molecule has 29 heavy (non-hydrogen) atoms. The molecule has 2 unspecified atom stereocenters. The van der Waals surface area contributed by atoms with Crippen molar-refractivity contribution in [3.05, 3.63) is 58.1 Å². The van der Waals surface area contributed by atoms with E-state index in [0.717, 1.165) is 54.6 Å². The molecule has 3 aromatic rings. The van der Waals surface area contributed by atoms with Crippen molar-refractivity contribution in [3.63, 3.8) is 0 Å². The van der Waals surface area contributed by atoms with Gasteiger partial charge >= 0.3 is 0 Å². The fourth-order valence-electron chi connectivity index (χ4n) is 4.46. The van der Waals surface area contributed by atoms with E-state index < -0.39 is 0 Å². The summed E-state index contributed by atoms with van der Waals surface area (Å²) in [5.74, 6) is 0.387. The molecular weight excluding hydrogens is 382 g/mol. The average molecular weight is 408 g/mol. The van der Waals surface area contributed by atoms with E-state index in [1.807, 2.05) is 0 Å². The first-order valence-electron chi connectivity index (χ1n) is 10.3. The summed E-state index contributed by atoms with van der Waals surface area (Å²) in [5, 5.41) is 3.89. The Morgan fingerprint density at radius 1 is 1.28 bits per heavy atom. The first kappa shape index (κ1) is 18.6. The summed E-state index contributed by atoms with van der Waals surface area (Å²) in [5.41, 5.74) is 10.7. The second kappa shape index (κ2) is 7.76. The predicted molar refractivity (Wildman–Crippen MR) is 117 cm³/mol. The van der Waals surface area contributed by atoms with Crippen molar-refractivity contribution in [1.82, 2.24) is 10.3 Å². The van der Waals surface area contributed by atoms with Gasteiger partial charge in [0.25, 0.3) is 5.91 Å². The van der Waals surface area contributed by atoms with Gasteiger partial charge in [-0.05, 0) is 55.2 Å². The van der Waals surface area contributed by atoms with Gasteiger partial charge in [-0.2, -0.15) is 0 Å². The molecule has 1 saturated heterocycles. The van der Waals surface area contributed by atoms with Crippen LogP contribution in [-0.4, -0.2) is 30.1 Å². The van der Waals surface area contributed by atoms with E-state index in [2.05, 4.69) is 41.7 Å². The van der Waals surface area contributed by atoms with Crippen molar-refractivity contribution >= 4 is 33.1 Å². The van der Waals surface area contributed by atoms with Gasteiger partial charge in [-0.25, -0.2) is 4.98 Å². The molecule has 0 radical (unpaired) electrons. The van der Waals surface area contributed by atoms with E-state index in [-0.39, 0.29) is 12.0 Å². The minimum absolute atomic E-state index is 0.120. The Labute approximate surface area is 174 Å². The number of aromatic nitrogens is 1. The summed E-state index contributed by atoms with van der Waals surface area (Å²) in [6, 6.07) is 12.8. The molecule has 5 rings (SSSR count). The van der Waals surface area contributed by atoms with Crippen LogP contribution in [0.25, 0.3) is 10.2 Å². The zero-order valence-corrected chi connectivity index (χ0v) is 17.1. The van der Waals surface area contributed by atoms with E-state index in [4.69, 9.17) is 15.5 Å². The summed E-state index contributed by atoms with van der Waals surface area (Å²) in [6.07, 6.45) is 5.21. The molecule has 1 aromatic carbocycles. The van der Waals surface area contributed by atoms with E-state index >= 15 is 0 Å². The Balaban J connectivity index is 1.39. The van der Waals surface area contributed by atoms with Gasteiger partial charge in [0.2, 0.25) is 0 Å². The van der Waals surface area contributed by atoms with Crippen LogP contribution in [0.15, 0.2) is 36.4 Å². The number of rotatable bonds is 4. The predicted octanol–water partition coefficient (Wildman–Crippen LogP) is 4.06. The topological polar surface area (TPSA) is 77.2 Å². The Morgan fingerprint density at radius 2 is 2.14 bits per heavy atom. The number of pyridine rings is 1. The molecule has 0 spiro atoms. The summed E-state index contributed by atoms with van der Waals surface area (Å²) >= 11 is 1.40. The molecule has 2 aliphatic rings. The van der Waals surface area contributed by atoms with Crippen LogP contribution in [0.2, 0.25) is 0 Å². The molecule has 3 heterocycles. The van der Waals surface area contributed by atoms with E-state index in [0.29, 0.717) is 23.0 Å². The first-order chi connectivity index (χ1) is 14.2. The SMILES string of the molecule is Nc1c(C(=O)NCC2CCCO2)sc2nc3c(cc12)CC(c1ccccc1)CC3. The molecule has 2 aromatic heterocycles. The molecular formula is C23H25N3O2S. The number of nitrogens with one attached hydrogen (secondary N) is 1. The molecule has 5 nitrogen and oxygen atoms in total. The molecule has 1 fully saturated rings. The van der Waals surface area contributed by atoms with Crippen LogP contribution in [0.3, 0.4) is 0 Å². The van der Waals surface area contributed by atoms with Crippen molar-refractivity contribution in [2.24, 2.45) is 0 Å². The van der Waals surface area contributed by atoms with Crippen molar-refractivity contribution in [2.45, 2.75) is 44.1 Å². The summed E-state index contributed by atoms with van der Waals surface area (Å²) in [6.45, 7) is 1.32. The third-order valence-electron chi connectivity index (χ3n) is 6.08. The number of amides is 1. The normalized spacial score (nSPS) is 21.2. The monoisotopic (exact) mass is 407 g/mol. The Morgan fingerprint density at radius 3 is 2.93 bits per heavy atom. The Kier molecular flexibility index (Phi) is 4.97. The van der Waals surface area contributed by atoms with Gasteiger partial charge in [-0.15, -0.1) is 11.3 Å². The lowest BCUT2D eigenvalue weighted by atomic mass is 9.82.